The van der Waals surface area contributed by atoms with E-state index >= 15 is 0 Å². The Morgan fingerprint density at radius 2 is 1.52 bits per heavy atom. The summed E-state index contributed by atoms with van der Waals surface area (Å²) in [6.07, 6.45) is 3.93. The van der Waals surface area contributed by atoms with E-state index in [4.69, 9.17) is 4.74 Å². The summed E-state index contributed by atoms with van der Waals surface area (Å²) in [5.41, 5.74) is 5.01. The van der Waals surface area contributed by atoms with Crippen molar-refractivity contribution in [2.45, 2.75) is 44.9 Å². The smallest absolute Gasteiger partial charge is 0.256 e. The lowest BCUT2D eigenvalue weighted by Crippen LogP contribution is -3.21. The van der Waals surface area contributed by atoms with E-state index in [-0.39, 0.29) is 5.72 Å². The monoisotopic (exact) mass is 308 g/mol. The minimum atomic E-state index is -0.332. The van der Waals surface area contributed by atoms with Gasteiger partial charge in [0, 0.05) is 17.5 Å². The number of nitrogens with one attached hydrogen (secondary N) is 1. The molecule has 2 aromatic carbocycles. The molecule has 0 saturated carbocycles. The molecule has 2 aromatic rings. The van der Waals surface area contributed by atoms with Gasteiger partial charge in [-0.25, -0.2) is 0 Å². The van der Waals surface area contributed by atoms with Crippen LogP contribution in [0, 0.1) is 13.8 Å². The van der Waals surface area contributed by atoms with E-state index in [2.05, 4.69) is 62.4 Å². The zero-order valence-electron chi connectivity index (χ0n) is 14.1. The molecular formula is C21H26NO+. The molecule has 0 aromatic heterocycles. The number of fused-ring (bicyclic) bond motifs is 1. The number of quaternary nitrogens is 1. The molecule has 2 heterocycles. The first-order valence-electron chi connectivity index (χ1n) is 8.86. The topological polar surface area (TPSA) is 13.7 Å². The molecule has 0 radical (unpaired) electrons. The second kappa shape index (κ2) is 5.77. The van der Waals surface area contributed by atoms with Gasteiger partial charge < -0.3 is 4.74 Å². The summed E-state index contributed by atoms with van der Waals surface area (Å²) in [7, 11) is 0. The van der Waals surface area contributed by atoms with Crippen LogP contribution in [0.1, 0.15) is 41.5 Å². The summed E-state index contributed by atoms with van der Waals surface area (Å²) in [5, 5.41) is 0. The van der Waals surface area contributed by atoms with Crippen LogP contribution < -0.4 is 4.90 Å². The number of aryl methyl sites for hydroxylation is 2. The molecule has 4 rings (SSSR count). The van der Waals surface area contributed by atoms with Crippen LogP contribution in [-0.2, 0) is 10.5 Å². The van der Waals surface area contributed by atoms with Gasteiger partial charge in [-0.05, 0) is 49.9 Å². The predicted molar refractivity (Wildman–Crippen MR) is 92.6 cm³/mol. The molecule has 1 N–H and O–H groups in total. The molecule has 120 valence electrons. The average molecular weight is 308 g/mol. The maximum absolute atomic E-state index is 6.68. The van der Waals surface area contributed by atoms with Gasteiger partial charge in [0.25, 0.3) is 5.72 Å². The number of hydrogen-bond donors (Lipinski definition) is 1. The number of hydrogen-bond acceptors (Lipinski definition) is 1. The minimum Gasteiger partial charge on any atom is -0.313 e. The molecular weight excluding hydrogens is 282 g/mol. The average Bonchev–Trinajstić information content (AvgIpc) is 2.96. The van der Waals surface area contributed by atoms with Gasteiger partial charge >= 0.3 is 0 Å². The van der Waals surface area contributed by atoms with E-state index in [0.29, 0.717) is 6.04 Å². The molecule has 2 atom stereocenters. The summed E-state index contributed by atoms with van der Waals surface area (Å²) in [4.78, 5) is 1.62. The molecule has 2 aliphatic rings. The van der Waals surface area contributed by atoms with E-state index in [9.17, 15) is 0 Å². The molecule has 0 bridgehead atoms. The Bertz CT molecular complexity index is 663. The molecule has 2 aliphatic heterocycles. The fraction of sp³-hybridized carbons (Fsp3) is 0.429. The molecule has 0 spiro atoms. The molecule has 0 amide bonds. The summed E-state index contributed by atoms with van der Waals surface area (Å²) in [6.45, 7) is 6.51. The van der Waals surface area contributed by atoms with Crippen LogP contribution >= 0.6 is 0 Å². The van der Waals surface area contributed by atoms with E-state index in [0.717, 1.165) is 6.61 Å². The van der Waals surface area contributed by atoms with Crippen molar-refractivity contribution in [1.82, 2.24) is 0 Å². The standard InChI is InChI=1S/C21H25NO/c1-16-9-3-5-12-19(16)21(20-13-6-4-10-17(20)2)22-14-8-7-11-18(22)15-23-21/h3-6,9-10,12-13,18H,7-8,11,14-15H2,1-2H3/p+1. The Hall–Kier alpha value is -1.64. The lowest BCUT2D eigenvalue weighted by molar-refractivity contribution is -0.981. The number of rotatable bonds is 2. The van der Waals surface area contributed by atoms with Crippen molar-refractivity contribution in [3.8, 4) is 0 Å². The van der Waals surface area contributed by atoms with Gasteiger partial charge in [0.2, 0.25) is 0 Å². The first-order valence-corrected chi connectivity index (χ1v) is 8.86. The van der Waals surface area contributed by atoms with Gasteiger partial charge in [0.05, 0.1) is 6.54 Å². The highest BCUT2D eigenvalue weighted by molar-refractivity contribution is 5.42. The van der Waals surface area contributed by atoms with Gasteiger partial charge in [-0.2, -0.15) is 0 Å². The van der Waals surface area contributed by atoms with Crippen LogP contribution in [0.25, 0.3) is 0 Å². The highest BCUT2D eigenvalue weighted by atomic mass is 16.5. The van der Waals surface area contributed by atoms with Crippen molar-refractivity contribution in [2.24, 2.45) is 0 Å². The molecule has 0 aliphatic carbocycles. The Labute approximate surface area is 139 Å². The Morgan fingerprint density at radius 3 is 2.13 bits per heavy atom. The largest absolute Gasteiger partial charge is 0.313 e. The maximum atomic E-state index is 6.68. The van der Waals surface area contributed by atoms with Gasteiger partial charge in [-0.3, -0.25) is 4.90 Å². The van der Waals surface area contributed by atoms with Crippen molar-refractivity contribution >= 4 is 0 Å². The lowest BCUT2D eigenvalue weighted by atomic mass is 9.85. The quantitative estimate of drug-likeness (QED) is 0.900. The number of benzene rings is 2. The van der Waals surface area contributed by atoms with Gasteiger partial charge in [0.1, 0.15) is 12.6 Å². The predicted octanol–water partition coefficient (Wildman–Crippen LogP) is 2.97. The Kier molecular flexibility index (Phi) is 3.74. The van der Waals surface area contributed by atoms with Crippen LogP contribution in [-0.4, -0.2) is 19.2 Å². The zero-order valence-corrected chi connectivity index (χ0v) is 14.1. The Morgan fingerprint density at radius 1 is 0.913 bits per heavy atom. The lowest BCUT2D eigenvalue weighted by Gasteiger charge is -2.40. The molecule has 2 fully saturated rings. The Balaban J connectivity index is 1.95. The molecule has 2 heteroatoms. The third-order valence-electron chi connectivity index (χ3n) is 5.74. The van der Waals surface area contributed by atoms with Crippen LogP contribution in [0.5, 0.6) is 0 Å². The van der Waals surface area contributed by atoms with Gasteiger partial charge in [-0.15, -0.1) is 0 Å². The third-order valence-corrected chi connectivity index (χ3v) is 5.74. The van der Waals surface area contributed by atoms with Crippen molar-refractivity contribution in [3.63, 3.8) is 0 Å². The van der Waals surface area contributed by atoms with E-state index in [1.54, 1.807) is 4.90 Å². The molecule has 2 unspecified atom stereocenters. The highest BCUT2D eigenvalue weighted by Gasteiger charge is 2.56. The van der Waals surface area contributed by atoms with E-state index in [1.807, 2.05) is 0 Å². The normalized spacial score (nSPS) is 26.0. The van der Waals surface area contributed by atoms with Crippen molar-refractivity contribution in [1.29, 1.82) is 0 Å². The fourth-order valence-corrected chi connectivity index (χ4v) is 4.63. The maximum Gasteiger partial charge on any atom is 0.256 e. The summed E-state index contributed by atoms with van der Waals surface area (Å²) >= 11 is 0. The van der Waals surface area contributed by atoms with E-state index in [1.165, 1.54) is 48.1 Å². The van der Waals surface area contributed by atoms with Gasteiger partial charge in [0.15, 0.2) is 0 Å². The van der Waals surface area contributed by atoms with Crippen molar-refractivity contribution in [3.05, 3.63) is 70.8 Å². The first-order chi connectivity index (χ1) is 11.2. The van der Waals surface area contributed by atoms with Crippen LogP contribution in [0.3, 0.4) is 0 Å². The minimum absolute atomic E-state index is 0.332. The fourth-order valence-electron chi connectivity index (χ4n) is 4.63. The molecule has 2 saturated heterocycles. The first kappa shape index (κ1) is 14.9. The van der Waals surface area contributed by atoms with Gasteiger partial charge in [-0.1, -0.05) is 36.4 Å². The van der Waals surface area contributed by atoms with E-state index < -0.39 is 0 Å². The van der Waals surface area contributed by atoms with Crippen molar-refractivity contribution in [2.75, 3.05) is 13.2 Å². The van der Waals surface area contributed by atoms with Crippen LogP contribution in [0.2, 0.25) is 0 Å². The van der Waals surface area contributed by atoms with Crippen molar-refractivity contribution < 1.29 is 9.64 Å². The number of piperidine rings is 1. The molecule has 23 heavy (non-hydrogen) atoms. The second-order valence-electron chi connectivity index (χ2n) is 7.09. The second-order valence-corrected chi connectivity index (χ2v) is 7.09. The third kappa shape index (κ3) is 2.24. The zero-order chi connectivity index (χ0) is 15.9. The molecule has 2 nitrogen and oxygen atoms in total. The highest BCUT2D eigenvalue weighted by Crippen LogP contribution is 2.36. The summed E-state index contributed by atoms with van der Waals surface area (Å²) in [5.74, 6) is 0. The SMILES string of the molecule is Cc1ccccc1C1(c2ccccc2C)OCC2CCCC[NH+]21. The van der Waals surface area contributed by atoms with Crippen LogP contribution in [0.4, 0.5) is 0 Å². The summed E-state index contributed by atoms with van der Waals surface area (Å²) < 4.78 is 6.68. The van der Waals surface area contributed by atoms with Crippen LogP contribution in [0.15, 0.2) is 48.5 Å². The summed E-state index contributed by atoms with van der Waals surface area (Å²) in [6, 6.07) is 18.2. The number of ether oxygens (including phenoxy) is 1.